The minimum absolute atomic E-state index is 0.0412. The summed E-state index contributed by atoms with van der Waals surface area (Å²) in [4.78, 5) is 0. The summed E-state index contributed by atoms with van der Waals surface area (Å²) >= 11 is 5.97. The van der Waals surface area contributed by atoms with Crippen LogP contribution in [0.4, 0.5) is 4.39 Å². The summed E-state index contributed by atoms with van der Waals surface area (Å²) in [5.41, 5.74) is 1.46. The van der Waals surface area contributed by atoms with E-state index in [-0.39, 0.29) is 19.0 Å². The number of nitrogens with one attached hydrogen (secondary N) is 1. The molecule has 0 aliphatic heterocycles. The molecule has 0 saturated heterocycles. The largest absolute Gasteiger partial charge is 0.489 e. The smallest absolute Gasteiger partial charge is 0.131 e. The predicted octanol–water partition coefficient (Wildman–Crippen LogP) is 3.16. The van der Waals surface area contributed by atoms with Gasteiger partial charge in [0.05, 0.1) is 24.8 Å². The Bertz CT molecular complexity index is 602. The van der Waals surface area contributed by atoms with Gasteiger partial charge in [0, 0.05) is 18.7 Å². The van der Waals surface area contributed by atoms with Gasteiger partial charge in [-0.05, 0) is 29.8 Å². The molecule has 0 saturated carbocycles. The van der Waals surface area contributed by atoms with Gasteiger partial charge in [-0.15, -0.1) is 0 Å². The quantitative estimate of drug-likeness (QED) is 0.644. The lowest BCUT2D eigenvalue weighted by Gasteiger charge is -2.10. The SMILES string of the molecule is OCCOCCNCc1ccc(OCc2c(F)cccc2Cl)cc1. The van der Waals surface area contributed by atoms with Crippen molar-refractivity contribution in [2.75, 3.05) is 26.4 Å². The number of rotatable bonds is 10. The highest BCUT2D eigenvalue weighted by molar-refractivity contribution is 6.31. The Morgan fingerprint density at radius 2 is 1.88 bits per heavy atom. The molecule has 130 valence electrons. The second-order valence-corrected chi connectivity index (χ2v) is 5.55. The van der Waals surface area contributed by atoms with Crippen LogP contribution in [-0.2, 0) is 17.9 Å². The molecule has 4 nitrogen and oxygen atoms in total. The van der Waals surface area contributed by atoms with Crippen molar-refractivity contribution in [3.05, 3.63) is 64.4 Å². The van der Waals surface area contributed by atoms with E-state index in [4.69, 9.17) is 26.2 Å². The minimum Gasteiger partial charge on any atom is -0.489 e. The highest BCUT2D eigenvalue weighted by Crippen LogP contribution is 2.21. The van der Waals surface area contributed by atoms with E-state index in [1.54, 1.807) is 12.1 Å². The molecular formula is C18H21ClFNO3. The van der Waals surface area contributed by atoms with E-state index in [9.17, 15) is 4.39 Å². The lowest BCUT2D eigenvalue weighted by molar-refractivity contribution is 0.0938. The highest BCUT2D eigenvalue weighted by atomic mass is 35.5. The maximum atomic E-state index is 13.7. The Kier molecular flexibility index (Phi) is 7.98. The summed E-state index contributed by atoms with van der Waals surface area (Å²) in [5, 5.41) is 12.2. The number of benzene rings is 2. The van der Waals surface area contributed by atoms with Gasteiger partial charge in [-0.25, -0.2) is 4.39 Å². The molecule has 0 fully saturated rings. The summed E-state index contributed by atoms with van der Waals surface area (Å²) in [7, 11) is 0. The van der Waals surface area contributed by atoms with Gasteiger partial charge >= 0.3 is 0 Å². The number of hydrogen-bond donors (Lipinski definition) is 2. The molecule has 0 aliphatic carbocycles. The Balaban J connectivity index is 1.76. The van der Waals surface area contributed by atoms with Crippen molar-refractivity contribution in [3.8, 4) is 5.75 Å². The third-order valence-electron chi connectivity index (χ3n) is 3.36. The lowest BCUT2D eigenvalue weighted by Crippen LogP contribution is -2.19. The van der Waals surface area contributed by atoms with Crippen LogP contribution < -0.4 is 10.1 Å². The predicted molar refractivity (Wildman–Crippen MR) is 91.8 cm³/mol. The van der Waals surface area contributed by atoms with Crippen molar-refractivity contribution in [3.63, 3.8) is 0 Å². The van der Waals surface area contributed by atoms with Crippen LogP contribution in [0.5, 0.6) is 5.75 Å². The van der Waals surface area contributed by atoms with E-state index in [2.05, 4.69) is 5.32 Å². The lowest BCUT2D eigenvalue weighted by atomic mass is 10.2. The van der Waals surface area contributed by atoms with Crippen LogP contribution in [0.1, 0.15) is 11.1 Å². The fourth-order valence-corrected chi connectivity index (χ4v) is 2.29. The van der Waals surface area contributed by atoms with Gasteiger partial charge in [0.15, 0.2) is 0 Å². The van der Waals surface area contributed by atoms with Crippen LogP contribution in [-0.4, -0.2) is 31.5 Å². The molecule has 0 bridgehead atoms. The second-order valence-electron chi connectivity index (χ2n) is 5.15. The summed E-state index contributed by atoms with van der Waals surface area (Å²) < 4.78 is 24.4. The molecule has 0 atom stereocenters. The molecular weight excluding hydrogens is 333 g/mol. The van der Waals surface area contributed by atoms with E-state index in [0.29, 0.717) is 42.6 Å². The summed E-state index contributed by atoms with van der Waals surface area (Å²) in [6, 6.07) is 12.1. The van der Waals surface area contributed by atoms with Crippen LogP contribution in [0.15, 0.2) is 42.5 Å². The molecule has 0 aliphatic rings. The maximum absolute atomic E-state index is 13.7. The molecule has 2 N–H and O–H groups in total. The molecule has 0 radical (unpaired) electrons. The van der Waals surface area contributed by atoms with Crippen molar-refractivity contribution in [2.24, 2.45) is 0 Å². The van der Waals surface area contributed by atoms with Gasteiger partial charge < -0.3 is 19.9 Å². The van der Waals surface area contributed by atoms with Crippen LogP contribution >= 0.6 is 11.6 Å². The molecule has 0 spiro atoms. The first-order valence-electron chi connectivity index (χ1n) is 7.74. The zero-order valence-electron chi connectivity index (χ0n) is 13.3. The second kappa shape index (κ2) is 10.3. The Labute approximate surface area is 146 Å². The molecule has 2 aromatic rings. The molecule has 2 aromatic carbocycles. The first-order valence-corrected chi connectivity index (χ1v) is 8.12. The topological polar surface area (TPSA) is 50.7 Å². The van der Waals surface area contributed by atoms with Crippen LogP contribution in [0.2, 0.25) is 5.02 Å². The average Bonchev–Trinajstić information content (AvgIpc) is 2.59. The van der Waals surface area contributed by atoms with Crippen LogP contribution in [0.25, 0.3) is 0 Å². The van der Waals surface area contributed by atoms with Crippen molar-refractivity contribution in [2.45, 2.75) is 13.2 Å². The monoisotopic (exact) mass is 353 g/mol. The zero-order valence-corrected chi connectivity index (χ0v) is 14.1. The van der Waals surface area contributed by atoms with Crippen molar-refractivity contribution in [1.29, 1.82) is 0 Å². The standard InChI is InChI=1S/C18H21ClFNO3/c19-17-2-1-3-18(20)16(17)13-24-15-6-4-14(5-7-15)12-21-8-10-23-11-9-22/h1-7,21-22H,8-13H2. The van der Waals surface area contributed by atoms with Crippen LogP contribution in [0.3, 0.4) is 0 Å². The number of aliphatic hydroxyl groups excluding tert-OH is 1. The Morgan fingerprint density at radius 3 is 2.58 bits per heavy atom. The van der Waals surface area contributed by atoms with Gasteiger partial charge in [0.2, 0.25) is 0 Å². The number of aliphatic hydroxyl groups is 1. The van der Waals surface area contributed by atoms with Crippen molar-refractivity contribution < 1.29 is 19.0 Å². The third kappa shape index (κ3) is 6.09. The third-order valence-corrected chi connectivity index (χ3v) is 3.71. The Hall–Kier alpha value is -1.66. The van der Waals surface area contributed by atoms with Gasteiger partial charge in [0.25, 0.3) is 0 Å². The molecule has 0 aromatic heterocycles. The van der Waals surface area contributed by atoms with E-state index in [1.807, 2.05) is 24.3 Å². The summed E-state index contributed by atoms with van der Waals surface area (Å²) in [6.07, 6.45) is 0. The first kappa shape index (κ1) is 18.7. The maximum Gasteiger partial charge on any atom is 0.131 e. The van der Waals surface area contributed by atoms with Gasteiger partial charge in [-0.2, -0.15) is 0 Å². The summed E-state index contributed by atoms with van der Waals surface area (Å²) in [6.45, 7) is 2.47. The van der Waals surface area contributed by atoms with E-state index >= 15 is 0 Å². The van der Waals surface area contributed by atoms with E-state index in [0.717, 1.165) is 5.56 Å². The molecule has 0 heterocycles. The fourth-order valence-electron chi connectivity index (χ4n) is 2.07. The van der Waals surface area contributed by atoms with Crippen LogP contribution in [0, 0.1) is 5.82 Å². The van der Waals surface area contributed by atoms with Crippen molar-refractivity contribution >= 4 is 11.6 Å². The number of halogens is 2. The number of ether oxygens (including phenoxy) is 2. The average molecular weight is 354 g/mol. The highest BCUT2D eigenvalue weighted by Gasteiger charge is 2.07. The van der Waals surface area contributed by atoms with Crippen molar-refractivity contribution in [1.82, 2.24) is 5.32 Å². The molecule has 2 rings (SSSR count). The molecule has 6 heteroatoms. The first-order chi connectivity index (χ1) is 11.7. The number of hydrogen-bond acceptors (Lipinski definition) is 4. The van der Waals surface area contributed by atoms with Gasteiger partial charge in [-0.1, -0.05) is 29.8 Å². The van der Waals surface area contributed by atoms with Gasteiger partial charge in [0.1, 0.15) is 18.2 Å². The molecule has 0 amide bonds. The zero-order chi connectivity index (χ0) is 17.2. The van der Waals surface area contributed by atoms with Gasteiger partial charge in [-0.3, -0.25) is 0 Å². The van der Waals surface area contributed by atoms with E-state index in [1.165, 1.54) is 6.07 Å². The Morgan fingerprint density at radius 1 is 1.08 bits per heavy atom. The molecule has 0 unspecified atom stereocenters. The summed E-state index contributed by atoms with van der Waals surface area (Å²) in [5.74, 6) is 0.288. The minimum atomic E-state index is -0.369. The molecule has 24 heavy (non-hydrogen) atoms. The van der Waals surface area contributed by atoms with E-state index < -0.39 is 0 Å². The normalized spacial score (nSPS) is 10.8. The fraction of sp³-hybridized carbons (Fsp3) is 0.333.